The molecule has 1 fully saturated rings. The minimum Gasteiger partial charge on any atom is -0.356 e. The molecule has 0 bridgehead atoms. The van der Waals surface area contributed by atoms with Crippen molar-refractivity contribution in [3.05, 3.63) is 36.3 Å². The molecular weight excluding hydrogens is 329 g/mol. The maximum Gasteiger partial charge on any atom is 0.181 e. The lowest BCUT2D eigenvalue weighted by atomic mass is 9.90. The van der Waals surface area contributed by atoms with Crippen molar-refractivity contribution in [1.82, 2.24) is 20.2 Å². The minimum absolute atomic E-state index is 0. The first kappa shape index (κ1) is 16.9. The molecule has 0 unspecified atom stereocenters. The first-order valence-electron chi connectivity index (χ1n) is 9.32. The van der Waals surface area contributed by atoms with Crippen LogP contribution in [0.1, 0.15) is 37.4 Å². The molecule has 0 amide bonds. The Balaban J connectivity index is 0.00000140. The summed E-state index contributed by atoms with van der Waals surface area (Å²) in [6, 6.07) is 7.00. The molecule has 6 heteroatoms. The molecule has 1 N–H and O–H groups in total. The normalized spacial score (nSPS) is 18.0. The predicted molar refractivity (Wildman–Crippen MR) is 108 cm³/mol. The Morgan fingerprint density at radius 1 is 1.35 bits per heavy atom. The third-order valence-electron chi connectivity index (χ3n) is 5.05. The van der Waals surface area contributed by atoms with Gasteiger partial charge in [-0.2, -0.15) is 5.10 Å². The van der Waals surface area contributed by atoms with Crippen LogP contribution >= 0.6 is 0 Å². The van der Waals surface area contributed by atoms with Crippen LogP contribution in [0.4, 0.5) is 10.2 Å². The van der Waals surface area contributed by atoms with E-state index in [2.05, 4.69) is 38.9 Å². The third-order valence-corrected chi connectivity index (χ3v) is 5.05. The topological polar surface area (TPSA) is 57.7 Å². The van der Waals surface area contributed by atoms with Crippen LogP contribution in [0.25, 0.3) is 22.4 Å². The number of nitrogens with zero attached hydrogens (tertiary/aromatic N) is 4. The number of nitrogens with one attached hydrogen (secondary N) is 1. The molecule has 142 valence electrons. The monoisotopic (exact) mass is 359 g/mol. The summed E-state index contributed by atoms with van der Waals surface area (Å²) < 4.78 is 14.5. The van der Waals surface area contributed by atoms with E-state index in [1.54, 1.807) is 12.3 Å². The van der Waals surface area contributed by atoms with Gasteiger partial charge in [0.2, 0.25) is 0 Å². The summed E-state index contributed by atoms with van der Waals surface area (Å²) in [4.78, 5) is 11.1. The van der Waals surface area contributed by atoms with Gasteiger partial charge in [0.15, 0.2) is 11.5 Å². The molecule has 1 atom stereocenters. The van der Waals surface area contributed by atoms with Gasteiger partial charge in [-0.25, -0.2) is 14.4 Å². The van der Waals surface area contributed by atoms with Crippen molar-refractivity contribution in [2.75, 3.05) is 18.0 Å². The summed E-state index contributed by atoms with van der Waals surface area (Å²) in [5, 5.41) is 7.85. The van der Waals surface area contributed by atoms with Crippen LogP contribution < -0.4 is 4.90 Å². The third kappa shape index (κ3) is 3.28. The summed E-state index contributed by atoms with van der Waals surface area (Å²) in [6.07, 6.45) is 5.32. The predicted octanol–water partition coefficient (Wildman–Crippen LogP) is 5.16. The Labute approximate surface area is 157 Å². The number of aromatic nitrogens is 4. The molecule has 0 aliphatic carbocycles. The number of hydrogen-bond acceptors (Lipinski definition) is 4. The van der Waals surface area contributed by atoms with Gasteiger partial charge in [-0.15, -0.1) is 0 Å². The summed E-state index contributed by atoms with van der Waals surface area (Å²) in [6.45, 7) is 6.49. The number of anilines is 1. The summed E-state index contributed by atoms with van der Waals surface area (Å²) in [5.74, 6) is 1.86. The molecule has 3 aromatic rings. The van der Waals surface area contributed by atoms with Gasteiger partial charge in [0.1, 0.15) is 11.5 Å². The zero-order valence-corrected chi connectivity index (χ0v) is 15.2. The molecule has 0 saturated carbocycles. The van der Waals surface area contributed by atoms with Crippen molar-refractivity contribution >= 4 is 16.9 Å². The highest BCUT2D eigenvalue weighted by atomic mass is 19.1. The van der Waals surface area contributed by atoms with Gasteiger partial charge in [-0.1, -0.05) is 13.8 Å². The van der Waals surface area contributed by atoms with Gasteiger partial charge in [-0.3, -0.25) is 5.10 Å². The Morgan fingerprint density at radius 2 is 2.23 bits per heavy atom. The highest BCUT2D eigenvalue weighted by Gasteiger charge is 2.23. The number of pyridine rings is 2. The average Bonchev–Trinajstić information content (AvgIpc) is 3.06. The van der Waals surface area contributed by atoms with Gasteiger partial charge in [0.25, 0.3) is 0 Å². The Kier molecular flexibility index (Phi) is 4.57. The van der Waals surface area contributed by atoms with E-state index in [0.29, 0.717) is 28.9 Å². The van der Waals surface area contributed by atoms with Crippen molar-refractivity contribution < 1.29 is 8.67 Å². The molecule has 3 aromatic heterocycles. The van der Waals surface area contributed by atoms with Crippen molar-refractivity contribution in [2.45, 2.75) is 33.1 Å². The van der Waals surface area contributed by atoms with E-state index in [1.165, 1.54) is 18.9 Å². The molecule has 0 radical (unpaired) electrons. The van der Waals surface area contributed by atoms with Crippen molar-refractivity contribution in [2.24, 2.45) is 11.8 Å². The maximum absolute atomic E-state index is 14.5. The van der Waals surface area contributed by atoms with Gasteiger partial charge in [0.05, 0.1) is 5.69 Å². The molecule has 4 heterocycles. The number of fused-ring (bicyclic) bond motifs is 1. The standard InChI is InChI=1S/C20H24FN5.3H2/c1-13(2)11-14-5-4-10-26(12-14)17-8-7-16(21)19(23-17)18-15-6-3-9-22-20(15)25-24-18;;;/h3,6-9,13-14H,4-5,10-12H2,1-2H3,(H,22,24,25);3*1H/t14-;;;/m0.../s1. The summed E-state index contributed by atoms with van der Waals surface area (Å²) in [5.41, 5.74) is 1.47. The largest absolute Gasteiger partial charge is 0.356 e. The van der Waals surface area contributed by atoms with Crippen molar-refractivity contribution in [1.29, 1.82) is 0 Å². The lowest BCUT2D eigenvalue weighted by molar-refractivity contribution is 0.346. The quantitative estimate of drug-likeness (QED) is 0.699. The number of hydrogen-bond donors (Lipinski definition) is 1. The first-order chi connectivity index (χ1) is 12.6. The van der Waals surface area contributed by atoms with Crippen LogP contribution in [-0.4, -0.2) is 33.3 Å². The highest BCUT2D eigenvalue weighted by Crippen LogP contribution is 2.30. The molecular formula is C20H30FN5. The van der Waals surface area contributed by atoms with Crippen LogP contribution in [0, 0.1) is 17.7 Å². The highest BCUT2D eigenvalue weighted by molar-refractivity contribution is 5.89. The van der Waals surface area contributed by atoms with E-state index < -0.39 is 0 Å². The van der Waals surface area contributed by atoms with E-state index >= 15 is 0 Å². The molecule has 4 rings (SSSR count). The summed E-state index contributed by atoms with van der Waals surface area (Å²) in [7, 11) is 0. The number of piperidine rings is 1. The van der Waals surface area contributed by atoms with Crippen LogP contribution in [0.3, 0.4) is 0 Å². The Morgan fingerprint density at radius 3 is 3.08 bits per heavy atom. The number of halogens is 1. The molecule has 0 spiro atoms. The fraction of sp³-hybridized carbons (Fsp3) is 0.450. The zero-order chi connectivity index (χ0) is 18.1. The fourth-order valence-corrected chi connectivity index (χ4v) is 3.95. The maximum atomic E-state index is 14.5. The van der Waals surface area contributed by atoms with Gasteiger partial charge < -0.3 is 4.90 Å². The van der Waals surface area contributed by atoms with Gasteiger partial charge >= 0.3 is 0 Å². The molecule has 0 aromatic carbocycles. The molecule has 1 aliphatic heterocycles. The van der Waals surface area contributed by atoms with Crippen LogP contribution in [-0.2, 0) is 0 Å². The minimum atomic E-state index is -0.348. The van der Waals surface area contributed by atoms with Crippen molar-refractivity contribution in [3.63, 3.8) is 0 Å². The second kappa shape index (κ2) is 7.02. The number of aromatic amines is 1. The summed E-state index contributed by atoms with van der Waals surface area (Å²) >= 11 is 0. The van der Waals surface area contributed by atoms with Crippen LogP contribution in [0.5, 0.6) is 0 Å². The molecule has 5 nitrogen and oxygen atoms in total. The zero-order valence-electron chi connectivity index (χ0n) is 15.2. The van der Waals surface area contributed by atoms with Crippen LogP contribution in [0.2, 0.25) is 0 Å². The number of H-pyrrole nitrogens is 1. The second-order valence-corrected chi connectivity index (χ2v) is 7.56. The lowest BCUT2D eigenvalue weighted by Crippen LogP contribution is -2.36. The van der Waals surface area contributed by atoms with Crippen LogP contribution in [0.15, 0.2) is 30.5 Å². The van der Waals surface area contributed by atoms with Crippen molar-refractivity contribution in [3.8, 4) is 11.4 Å². The Bertz CT molecular complexity index is 918. The smallest absolute Gasteiger partial charge is 0.181 e. The van der Waals surface area contributed by atoms with E-state index in [9.17, 15) is 4.39 Å². The Hall–Kier alpha value is -2.50. The fourth-order valence-electron chi connectivity index (χ4n) is 3.95. The molecule has 1 saturated heterocycles. The van der Waals surface area contributed by atoms with E-state index in [0.717, 1.165) is 30.7 Å². The first-order valence-corrected chi connectivity index (χ1v) is 9.32. The van der Waals surface area contributed by atoms with E-state index in [1.807, 2.05) is 12.1 Å². The van der Waals surface area contributed by atoms with E-state index in [-0.39, 0.29) is 10.1 Å². The molecule has 26 heavy (non-hydrogen) atoms. The number of rotatable bonds is 4. The van der Waals surface area contributed by atoms with Gasteiger partial charge in [0, 0.05) is 29.0 Å². The van der Waals surface area contributed by atoms with E-state index in [4.69, 9.17) is 0 Å². The lowest BCUT2D eigenvalue weighted by Gasteiger charge is -2.34. The van der Waals surface area contributed by atoms with Gasteiger partial charge in [-0.05, 0) is 55.4 Å². The average molecular weight is 359 g/mol. The second-order valence-electron chi connectivity index (χ2n) is 7.56. The SMILES string of the molecule is CC(C)C[C@@H]1CCCN(c2ccc(F)c(-c3[nH]nc4ncccc34)n2)C1.[HH].[HH].[HH]. The molecule has 1 aliphatic rings.